The van der Waals surface area contributed by atoms with Crippen molar-refractivity contribution in [3.63, 3.8) is 0 Å². The van der Waals surface area contributed by atoms with Crippen LogP contribution in [0.25, 0.3) is 0 Å². The lowest BCUT2D eigenvalue weighted by molar-refractivity contribution is 0.721. The Hall–Kier alpha value is -1.20. The van der Waals surface area contributed by atoms with Crippen molar-refractivity contribution in [2.24, 2.45) is 0 Å². The molecule has 0 amide bonds. The number of unbranched alkanes of at least 4 members (excludes halogenated alkanes) is 2. The first-order chi connectivity index (χ1) is 11.1. The number of nitrogens with one attached hydrogen (secondary N) is 2. The minimum Gasteiger partial charge on any atom is -0.399 e. The highest BCUT2D eigenvalue weighted by Crippen LogP contribution is 2.17. The molecule has 0 aromatic heterocycles. The molecule has 0 aliphatic heterocycles. The minimum absolute atomic E-state index is 0. The molecule has 0 spiro atoms. The standard InChI is InChI=1S/C19H28N4.4ClH/c1-14-12-16(6-8-18(14)20)22-10-4-3-5-11-23-17-7-9-19(21)15(2)13-17;;;;/h6-9,12-13,22-23H,3-5,10-11,20-21H2,1-2H3;4*1H. The molecule has 2 aromatic carbocycles. The molecule has 0 atom stereocenters. The number of halogens is 4. The van der Waals surface area contributed by atoms with Crippen molar-refractivity contribution in [2.45, 2.75) is 33.1 Å². The molecule has 2 aromatic rings. The van der Waals surface area contributed by atoms with Gasteiger partial charge in [0, 0.05) is 35.8 Å². The van der Waals surface area contributed by atoms with Gasteiger partial charge in [-0.1, -0.05) is 0 Å². The largest absolute Gasteiger partial charge is 0.399 e. The van der Waals surface area contributed by atoms with E-state index in [4.69, 9.17) is 11.5 Å². The Balaban J connectivity index is -0.00000144. The number of anilines is 4. The maximum absolute atomic E-state index is 5.82. The molecule has 8 heteroatoms. The average molecular weight is 458 g/mol. The molecular formula is C19H32Cl4N4. The molecule has 0 aliphatic carbocycles. The molecule has 0 radical (unpaired) electrons. The van der Waals surface area contributed by atoms with E-state index in [1.165, 1.54) is 6.42 Å². The third-order valence-corrected chi connectivity index (χ3v) is 4.05. The zero-order valence-electron chi connectivity index (χ0n) is 15.8. The van der Waals surface area contributed by atoms with Gasteiger partial charge in [-0.2, -0.15) is 0 Å². The van der Waals surface area contributed by atoms with Crippen LogP contribution in [0.3, 0.4) is 0 Å². The summed E-state index contributed by atoms with van der Waals surface area (Å²) in [4.78, 5) is 0. The zero-order chi connectivity index (χ0) is 16.7. The number of benzene rings is 2. The van der Waals surface area contributed by atoms with Crippen LogP contribution in [0, 0.1) is 13.8 Å². The smallest absolute Gasteiger partial charge is 0.0345 e. The van der Waals surface area contributed by atoms with Gasteiger partial charge in [-0.25, -0.2) is 0 Å². The first-order valence-electron chi connectivity index (χ1n) is 8.26. The fraction of sp³-hybridized carbons (Fsp3) is 0.368. The number of hydrogen-bond acceptors (Lipinski definition) is 4. The van der Waals surface area contributed by atoms with E-state index < -0.39 is 0 Å². The van der Waals surface area contributed by atoms with E-state index in [1.54, 1.807) is 0 Å². The van der Waals surface area contributed by atoms with Crippen LogP contribution in [0.5, 0.6) is 0 Å². The van der Waals surface area contributed by atoms with Crippen LogP contribution in [0.15, 0.2) is 36.4 Å². The van der Waals surface area contributed by atoms with E-state index in [1.807, 2.05) is 38.1 Å². The lowest BCUT2D eigenvalue weighted by atomic mass is 10.1. The van der Waals surface area contributed by atoms with Gasteiger partial charge in [0.15, 0.2) is 0 Å². The average Bonchev–Trinajstić information content (AvgIpc) is 2.53. The number of rotatable bonds is 8. The summed E-state index contributed by atoms with van der Waals surface area (Å²) in [6.45, 7) is 6.05. The molecule has 0 bridgehead atoms. The molecule has 0 saturated carbocycles. The fourth-order valence-electron chi connectivity index (χ4n) is 2.46. The highest BCUT2D eigenvalue weighted by atomic mass is 35.5. The molecule has 2 rings (SSSR count). The van der Waals surface area contributed by atoms with E-state index in [2.05, 4.69) is 22.8 Å². The van der Waals surface area contributed by atoms with Gasteiger partial charge in [0.05, 0.1) is 0 Å². The van der Waals surface area contributed by atoms with Crippen LogP contribution in [0.1, 0.15) is 30.4 Å². The summed E-state index contributed by atoms with van der Waals surface area (Å²) >= 11 is 0. The van der Waals surface area contributed by atoms with Crippen LogP contribution in [-0.4, -0.2) is 13.1 Å². The topological polar surface area (TPSA) is 76.1 Å². The predicted octanol–water partition coefficient (Wildman–Crippen LogP) is 5.85. The highest BCUT2D eigenvalue weighted by molar-refractivity contribution is 5.86. The highest BCUT2D eigenvalue weighted by Gasteiger charge is 1.98. The summed E-state index contributed by atoms with van der Waals surface area (Å²) in [5, 5.41) is 6.89. The second-order valence-electron chi connectivity index (χ2n) is 6.06. The Morgan fingerprint density at radius 3 is 1.33 bits per heavy atom. The molecule has 6 N–H and O–H groups in total. The van der Waals surface area contributed by atoms with Crippen molar-refractivity contribution in [1.82, 2.24) is 0 Å². The van der Waals surface area contributed by atoms with Gasteiger partial charge < -0.3 is 22.1 Å². The summed E-state index contributed by atoms with van der Waals surface area (Å²) < 4.78 is 0. The molecule has 0 fully saturated rings. The van der Waals surface area contributed by atoms with E-state index in [9.17, 15) is 0 Å². The third-order valence-electron chi connectivity index (χ3n) is 4.05. The molecule has 0 aliphatic rings. The first kappa shape index (κ1) is 30.5. The second kappa shape index (κ2) is 15.8. The molecule has 156 valence electrons. The zero-order valence-corrected chi connectivity index (χ0v) is 19.1. The van der Waals surface area contributed by atoms with Crippen molar-refractivity contribution in [1.29, 1.82) is 0 Å². The van der Waals surface area contributed by atoms with Gasteiger partial charge in [0.25, 0.3) is 0 Å². The Morgan fingerprint density at radius 1 is 0.630 bits per heavy atom. The lowest BCUT2D eigenvalue weighted by Gasteiger charge is -2.10. The summed E-state index contributed by atoms with van der Waals surface area (Å²) in [7, 11) is 0. The van der Waals surface area contributed by atoms with Gasteiger partial charge >= 0.3 is 0 Å². The number of aryl methyl sites for hydroxylation is 2. The van der Waals surface area contributed by atoms with Crippen LogP contribution >= 0.6 is 49.6 Å². The summed E-state index contributed by atoms with van der Waals surface area (Å²) in [6.07, 6.45) is 3.51. The van der Waals surface area contributed by atoms with E-state index >= 15 is 0 Å². The van der Waals surface area contributed by atoms with Gasteiger partial charge in [-0.05, 0) is 80.6 Å². The van der Waals surface area contributed by atoms with E-state index in [0.717, 1.165) is 59.8 Å². The normalized spacial score (nSPS) is 8.96. The molecule has 0 unspecified atom stereocenters. The number of nitrogen functional groups attached to an aromatic ring is 2. The molecule has 27 heavy (non-hydrogen) atoms. The molecule has 0 heterocycles. The van der Waals surface area contributed by atoms with Gasteiger partial charge in [-0.15, -0.1) is 49.6 Å². The predicted molar refractivity (Wildman–Crippen MR) is 131 cm³/mol. The fourth-order valence-corrected chi connectivity index (χ4v) is 2.46. The van der Waals surface area contributed by atoms with Crippen LogP contribution < -0.4 is 22.1 Å². The maximum atomic E-state index is 5.82. The minimum atomic E-state index is 0. The van der Waals surface area contributed by atoms with E-state index in [-0.39, 0.29) is 49.6 Å². The summed E-state index contributed by atoms with van der Waals surface area (Å²) in [5.41, 5.74) is 17.9. The van der Waals surface area contributed by atoms with E-state index in [0.29, 0.717) is 0 Å². The molecule has 4 nitrogen and oxygen atoms in total. The van der Waals surface area contributed by atoms with Crippen molar-refractivity contribution >= 4 is 72.4 Å². The van der Waals surface area contributed by atoms with Crippen molar-refractivity contribution in [2.75, 3.05) is 35.2 Å². The molecular weight excluding hydrogens is 426 g/mol. The van der Waals surface area contributed by atoms with Crippen LogP contribution in [0.4, 0.5) is 22.7 Å². The maximum Gasteiger partial charge on any atom is 0.0345 e. The number of nitrogens with two attached hydrogens (primary N) is 2. The van der Waals surface area contributed by atoms with Crippen LogP contribution in [-0.2, 0) is 0 Å². The summed E-state index contributed by atoms with van der Waals surface area (Å²) in [6, 6.07) is 12.2. The number of hydrogen-bond donors (Lipinski definition) is 4. The second-order valence-corrected chi connectivity index (χ2v) is 6.06. The van der Waals surface area contributed by atoms with Gasteiger partial charge in [0.2, 0.25) is 0 Å². The first-order valence-corrected chi connectivity index (χ1v) is 8.26. The Labute approximate surface area is 187 Å². The summed E-state index contributed by atoms with van der Waals surface area (Å²) in [5.74, 6) is 0. The van der Waals surface area contributed by atoms with Crippen molar-refractivity contribution < 1.29 is 0 Å². The molecule has 0 saturated heterocycles. The van der Waals surface area contributed by atoms with Crippen molar-refractivity contribution in [3.8, 4) is 0 Å². The Bertz CT molecular complexity index is 598. The Morgan fingerprint density at radius 2 is 1.00 bits per heavy atom. The lowest BCUT2D eigenvalue weighted by Crippen LogP contribution is -2.05. The Kier molecular flexibility index (Phi) is 17.9. The van der Waals surface area contributed by atoms with Crippen LogP contribution in [0.2, 0.25) is 0 Å². The van der Waals surface area contributed by atoms with Gasteiger partial charge in [-0.3, -0.25) is 0 Å². The quantitative estimate of drug-likeness (QED) is 0.296. The third kappa shape index (κ3) is 10.6. The van der Waals surface area contributed by atoms with Gasteiger partial charge in [0.1, 0.15) is 0 Å². The SMILES string of the molecule is Cc1cc(NCCCCCNc2ccc(N)c(C)c2)ccc1N.Cl.Cl.Cl.Cl. The monoisotopic (exact) mass is 456 g/mol. The van der Waals surface area contributed by atoms with Crippen molar-refractivity contribution in [3.05, 3.63) is 47.5 Å².